The Bertz CT molecular complexity index is 1910. The van der Waals surface area contributed by atoms with E-state index >= 15 is 4.39 Å². The van der Waals surface area contributed by atoms with Gasteiger partial charge in [-0.15, -0.1) is 9.78 Å². The number of phenols is 1. The predicted molar refractivity (Wildman–Crippen MR) is 145 cm³/mol. The Morgan fingerprint density at radius 2 is 1.95 bits per heavy atom. The minimum atomic E-state index is -2.18. The number of amidine groups is 2. The summed E-state index contributed by atoms with van der Waals surface area (Å²) in [5, 5.41) is 29.8. The third-order valence-corrected chi connectivity index (χ3v) is 7.22. The molecule has 43 heavy (non-hydrogen) atoms. The number of nitrogen functional groups attached to an aromatic ring is 1. The standard InChI is InChI=1S/C25H20F2N8O7S/c1-34-7-6-30-21(34)13-9-12(43(40)23-32-24(37)35(33-23)25(38)39)3-5-16(13)41-19-14(26)10-31-22(18(19)27)42-17-8-11(20(28)29)2-4-15(17)36/h2-5,8-10,36H,6-7H2,1H3,(H3,28,29)(H,38,39)(H,32,33,37). The highest BCUT2D eigenvalue weighted by Gasteiger charge is 2.26. The fraction of sp³-hybridized carbons (Fsp3) is 0.120. The third-order valence-electron chi connectivity index (χ3n) is 6.01. The van der Waals surface area contributed by atoms with Crippen LogP contribution in [0, 0.1) is 17.0 Å². The maximum Gasteiger partial charge on any atom is 0.436 e. The van der Waals surface area contributed by atoms with Crippen LogP contribution in [0.4, 0.5) is 13.6 Å². The summed E-state index contributed by atoms with van der Waals surface area (Å²) in [4.78, 5) is 34.8. The Hall–Kier alpha value is -5.65. The molecule has 0 saturated heterocycles. The Balaban J connectivity index is 1.53. The average molecular weight is 615 g/mol. The Morgan fingerprint density at radius 1 is 1.19 bits per heavy atom. The molecule has 0 bridgehead atoms. The average Bonchev–Trinajstić information content (AvgIpc) is 3.58. The van der Waals surface area contributed by atoms with Crippen LogP contribution in [0.2, 0.25) is 0 Å². The second-order valence-corrected chi connectivity index (χ2v) is 10.2. The van der Waals surface area contributed by atoms with Crippen LogP contribution >= 0.6 is 0 Å². The minimum Gasteiger partial charge on any atom is -0.504 e. The van der Waals surface area contributed by atoms with Gasteiger partial charge in [0.15, 0.2) is 17.3 Å². The van der Waals surface area contributed by atoms with E-state index < -0.39 is 56.8 Å². The zero-order valence-electron chi connectivity index (χ0n) is 21.9. The molecule has 15 nitrogen and oxygen atoms in total. The molecule has 0 spiro atoms. The first-order valence-electron chi connectivity index (χ1n) is 12.1. The maximum atomic E-state index is 15.5. The van der Waals surface area contributed by atoms with Crippen LogP contribution in [0.3, 0.4) is 0 Å². The van der Waals surface area contributed by atoms with Crippen molar-refractivity contribution in [1.29, 1.82) is 5.41 Å². The number of hydrogen-bond donors (Lipinski definition) is 5. The first-order valence-corrected chi connectivity index (χ1v) is 13.2. The summed E-state index contributed by atoms with van der Waals surface area (Å²) in [5.41, 5.74) is 4.67. The lowest BCUT2D eigenvalue weighted by Crippen LogP contribution is -2.24. The monoisotopic (exact) mass is 614 g/mol. The predicted octanol–water partition coefficient (Wildman–Crippen LogP) is 2.20. The van der Waals surface area contributed by atoms with Gasteiger partial charge in [0.25, 0.3) is 5.88 Å². The van der Waals surface area contributed by atoms with Crippen molar-refractivity contribution in [3.05, 3.63) is 75.8 Å². The number of aromatic nitrogens is 4. The number of phenolic OH excluding ortho intramolecular Hbond substituents is 1. The summed E-state index contributed by atoms with van der Waals surface area (Å²) < 4.78 is 54.7. The lowest BCUT2D eigenvalue weighted by Gasteiger charge is -2.19. The third kappa shape index (κ3) is 5.62. The normalized spacial score (nSPS) is 13.5. The van der Waals surface area contributed by atoms with Crippen molar-refractivity contribution >= 4 is 28.6 Å². The van der Waals surface area contributed by atoms with Gasteiger partial charge >= 0.3 is 11.8 Å². The number of H-pyrrole nitrogens is 1. The van der Waals surface area contributed by atoms with E-state index in [9.17, 15) is 23.3 Å². The number of carboxylic acid groups (broad SMARTS) is 1. The highest BCUT2D eigenvalue weighted by molar-refractivity contribution is 7.84. The number of ether oxygens (including phenoxy) is 2. The number of nitrogens with two attached hydrogens (primary N) is 1. The molecule has 1 unspecified atom stereocenters. The van der Waals surface area contributed by atoms with Gasteiger partial charge in [-0.1, -0.05) is 0 Å². The second-order valence-electron chi connectivity index (χ2n) is 8.84. The van der Waals surface area contributed by atoms with Gasteiger partial charge in [-0.25, -0.2) is 23.2 Å². The molecule has 6 N–H and O–H groups in total. The number of halogens is 2. The topological polar surface area (TPSA) is 222 Å². The van der Waals surface area contributed by atoms with Gasteiger partial charge in [-0.05, 0) is 36.4 Å². The molecule has 0 radical (unpaired) electrons. The molecule has 1 aliphatic rings. The Labute approximate surface area is 241 Å². The molecule has 222 valence electrons. The quantitative estimate of drug-likeness (QED) is 0.143. The molecule has 0 amide bonds. The number of rotatable bonds is 8. The summed E-state index contributed by atoms with van der Waals surface area (Å²) in [7, 11) is -0.477. The fourth-order valence-electron chi connectivity index (χ4n) is 3.92. The zero-order chi connectivity index (χ0) is 31.0. The number of pyridine rings is 1. The largest absolute Gasteiger partial charge is 0.504 e. The second kappa shape index (κ2) is 11.3. The van der Waals surface area contributed by atoms with Gasteiger partial charge in [-0.3, -0.25) is 15.4 Å². The number of nitrogens with one attached hydrogen (secondary N) is 2. The maximum absolute atomic E-state index is 15.5. The van der Waals surface area contributed by atoms with Crippen molar-refractivity contribution in [2.75, 3.05) is 20.1 Å². The number of aliphatic imine (C=N–C) groups is 1. The van der Waals surface area contributed by atoms with Gasteiger partial charge in [0.05, 0.1) is 18.3 Å². The Morgan fingerprint density at radius 3 is 2.60 bits per heavy atom. The number of benzene rings is 2. The van der Waals surface area contributed by atoms with Crippen LogP contribution in [0.25, 0.3) is 0 Å². The summed E-state index contributed by atoms with van der Waals surface area (Å²) in [6.45, 7) is 0.880. The van der Waals surface area contributed by atoms with E-state index in [2.05, 4.69) is 20.1 Å². The fourth-order valence-corrected chi connectivity index (χ4v) is 4.89. The number of aromatic amines is 1. The number of likely N-dealkylation sites (N-methyl/N-ethyl adjacent to an activating group) is 1. The lowest BCUT2D eigenvalue weighted by molar-refractivity contribution is 0.191. The van der Waals surface area contributed by atoms with Crippen LogP contribution < -0.4 is 20.9 Å². The number of hydrogen-bond acceptors (Lipinski definition) is 11. The van der Waals surface area contributed by atoms with E-state index in [1.54, 1.807) is 11.9 Å². The molecule has 1 aliphatic heterocycles. The van der Waals surface area contributed by atoms with E-state index in [1.807, 2.05) is 0 Å². The molecule has 1 atom stereocenters. The van der Waals surface area contributed by atoms with Gasteiger partial charge in [0, 0.05) is 24.1 Å². The van der Waals surface area contributed by atoms with E-state index in [0.29, 0.717) is 25.1 Å². The molecule has 0 saturated carbocycles. The number of nitrogens with zero attached hydrogens (tertiary/aromatic N) is 5. The number of aromatic hydroxyl groups is 1. The first-order chi connectivity index (χ1) is 20.4. The molecule has 0 fully saturated rings. The first kappa shape index (κ1) is 28.9. The van der Waals surface area contributed by atoms with Crippen molar-refractivity contribution in [2.45, 2.75) is 10.1 Å². The van der Waals surface area contributed by atoms with Crippen LogP contribution in [0.1, 0.15) is 11.1 Å². The molecule has 2 aromatic heterocycles. The molecule has 4 aromatic rings. The molecule has 5 rings (SSSR count). The highest BCUT2D eigenvalue weighted by Crippen LogP contribution is 2.38. The smallest absolute Gasteiger partial charge is 0.436 e. The van der Waals surface area contributed by atoms with Gasteiger partial charge < -0.3 is 30.3 Å². The van der Waals surface area contributed by atoms with E-state index in [1.165, 1.54) is 36.4 Å². The van der Waals surface area contributed by atoms with Gasteiger partial charge in [0.2, 0.25) is 16.7 Å². The molecule has 2 aromatic carbocycles. The summed E-state index contributed by atoms with van der Waals surface area (Å²) in [6, 6.07) is 7.53. The van der Waals surface area contributed by atoms with Crippen molar-refractivity contribution in [2.24, 2.45) is 10.7 Å². The van der Waals surface area contributed by atoms with Crippen molar-refractivity contribution in [3.63, 3.8) is 0 Å². The van der Waals surface area contributed by atoms with Gasteiger partial charge in [-0.2, -0.15) is 4.39 Å². The van der Waals surface area contributed by atoms with Crippen LogP contribution in [0.5, 0.6) is 28.9 Å². The van der Waals surface area contributed by atoms with E-state index in [-0.39, 0.29) is 38.0 Å². The summed E-state index contributed by atoms with van der Waals surface area (Å²) in [6.07, 6.45) is -1.04. The SMILES string of the molecule is CN1CCN=C1c1cc(S(=O)c2nn(C(=O)O)c(=O)[nH]2)ccc1Oc1c(F)cnc(Oc2cc(C(=N)N)ccc2O)c1F. The Kier molecular flexibility index (Phi) is 7.60. The lowest BCUT2D eigenvalue weighted by atomic mass is 10.1. The van der Waals surface area contributed by atoms with Crippen LogP contribution in [0.15, 0.2) is 62.4 Å². The zero-order valence-corrected chi connectivity index (χ0v) is 22.7. The molecule has 18 heteroatoms. The van der Waals surface area contributed by atoms with Crippen LogP contribution in [-0.4, -0.2) is 77.0 Å². The van der Waals surface area contributed by atoms with Gasteiger partial charge in [0.1, 0.15) is 28.2 Å². The minimum absolute atomic E-state index is 0.0390. The summed E-state index contributed by atoms with van der Waals surface area (Å²) in [5.74, 6) is -5.14. The van der Waals surface area contributed by atoms with Crippen molar-refractivity contribution < 1.29 is 37.5 Å². The molecular formula is C25H20F2N8O7S. The van der Waals surface area contributed by atoms with Crippen molar-refractivity contribution in [1.82, 2.24) is 24.6 Å². The highest BCUT2D eigenvalue weighted by atomic mass is 32.2. The number of carbonyl (C=O) groups is 1. The van der Waals surface area contributed by atoms with Crippen molar-refractivity contribution in [3.8, 4) is 28.9 Å². The molecular weight excluding hydrogens is 594 g/mol. The molecule has 3 heterocycles. The van der Waals surface area contributed by atoms with Crippen LogP contribution in [-0.2, 0) is 10.8 Å². The van der Waals surface area contributed by atoms with E-state index in [0.717, 1.165) is 0 Å². The van der Waals surface area contributed by atoms with E-state index in [4.69, 9.17) is 25.7 Å². The molecule has 0 aliphatic carbocycles. The summed E-state index contributed by atoms with van der Waals surface area (Å²) >= 11 is 0.